The molecule has 2 heterocycles. The molecule has 8 heteroatoms. The highest BCUT2D eigenvalue weighted by Gasteiger charge is 2.26. The second-order valence-corrected chi connectivity index (χ2v) is 9.82. The van der Waals surface area contributed by atoms with Crippen molar-refractivity contribution in [2.75, 3.05) is 44.3 Å². The van der Waals surface area contributed by atoms with Gasteiger partial charge in [0.15, 0.2) is 10.9 Å². The lowest BCUT2D eigenvalue weighted by Gasteiger charge is -2.30. The van der Waals surface area contributed by atoms with Gasteiger partial charge in [0.05, 0.1) is 17.9 Å². The fourth-order valence-electron chi connectivity index (χ4n) is 4.54. The second-order valence-electron chi connectivity index (χ2n) is 8.81. The van der Waals surface area contributed by atoms with Crippen LogP contribution in [0.25, 0.3) is 10.2 Å². The van der Waals surface area contributed by atoms with Gasteiger partial charge >= 0.3 is 0 Å². The van der Waals surface area contributed by atoms with Crippen LogP contribution in [0.1, 0.15) is 23.5 Å². The Balaban J connectivity index is 1.46. The molecule has 186 valence electrons. The van der Waals surface area contributed by atoms with Gasteiger partial charge in [-0.15, -0.1) is 0 Å². The first-order valence-electron chi connectivity index (χ1n) is 12.0. The van der Waals surface area contributed by atoms with Crippen molar-refractivity contribution < 1.29 is 18.3 Å². The highest BCUT2D eigenvalue weighted by molar-refractivity contribution is 7.22. The lowest BCUT2D eigenvalue weighted by atomic mass is 9.88. The topological polar surface area (TPSA) is 45.7 Å². The Hall–Kier alpha value is -3.20. The van der Waals surface area contributed by atoms with Gasteiger partial charge in [0.2, 0.25) is 5.91 Å². The van der Waals surface area contributed by atoms with Crippen LogP contribution in [0, 0.1) is 11.6 Å². The molecule has 0 radical (unpaired) electrons. The van der Waals surface area contributed by atoms with Gasteiger partial charge in [0, 0.05) is 44.6 Å². The third-order valence-corrected chi connectivity index (χ3v) is 7.49. The maximum Gasteiger partial charge on any atom is 0.229 e. The molecule has 36 heavy (non-hydrogen) atoms. The standard InChI is InChI=1S/C28H27F2N3O2S/c29-22-17-24(30)27-25(18-22)36-28(31-27)33(12-11-32-13-15-35-16-14-32)26(34)19-23(20-7-3-1-4-8-20)21-9-5-2-6-10-21/h1-10,17-18,23H,11-16,19H2. The number of rotatable bonds is 8. The Morgan fingerprint density at radius 3 is 2.28 bits per heavy atom. The van der Waals surface area contributed by atoms with Crippen LogP contribution in [0.4, 0.5) is 13.9 Å². The third kappa shape index (κ3) is 5.61. The molecule has 1 aromatic heterocycles. The number of aromatic nitrogens is 1. The molecule has 4 aromatic rings. The first kappa shape index (κ1) is 24.5. The molecule has 5 nitrogen and oxygen atoms in total. The van der Waals surface area contributed by atoms with Crippen LogP contribution in [-0.4, -0.2) is 55.2 Å². The van der Waals surface area contributed by atoms with Crippen LogP contribution in [0.3, 0.4) is 0 Å². The van der Waals surface area contributed by atoms with Crippen molar-refractivity contribution >= 4 is 32.6 Å². The molecule has 1 aliphatic rings. The smallest absolute Gasteiger partial charge is 0.229 e. The number of carbonyl (C=O) groups is 1. The lowest BCUT2D eigenvalue weighted by molar-refractivity contribution is -0.118. The fraction of sp³-hybridized carbons (Fsp3) is 0.286. The van der Waals surface area contributed by atoms with E-state index in [1.807, 2.05) is 60.7 Å². The number of anilines is 1. The highest BCUT2D eigenvalue weighted by Crippen LogP contribution is 2.34. The Bertz CT molecular complexity index is 1270. The van der Waals surface area contributed by atoms with E-state index in [4.69, 9.17) is 4.74 Å². The summed E-state index contributed by atoms with van der Waals surface area (Å²) >= 11 is 1.14. The number of amides is 1. The molecule has 0 N–H and O–H groups in total. The van der Waals surface area contributed by atoms with Crippen molar-refractivity contribution in [2.24, 2.45) is 0 Å². The quantitative estimate of drug-likeness (QED) is 0.318. The molecule has 0 aliphatic carbocycles. The number of ether oxygens (including phenoxy) is 1. The third-order valence-electron chi connectivity index (χ3n) is 6.46. The molecule has 0 bridgehead atoms. The minimum Gasteiger partial charge on any atom is -0.379 e. The van der Waals surface area contributed by atoms with Crippen LogP contribution in [0.5, 0.6) is 0 Å². The molecule has 0 atom stereocenters. The number of thiazole rings is 1. The van der Waals surface area contributed by atoms with E-state index in [1.165, 1.54) is 6.07 Å². The van der Waals surface area contributed by atoms with Crippen molar-refractivity contribution in [3.63, 3.8) is 0 Å². The molecular formula is C28H27F2N3O2S. The summed E-state index contributed by atoms with van der Waals surface area (Å²) in [6, 6.07) is 22.0. The van der Waals surface area contributed by atoms with Crippen molar-refractivity contribution in [1.29, 1.82) is 0 Å². The fourth-order valence-corrected chi connectivity index (χ4v) is 5.59. The number of morpholine rings is 1. The summed E-state index contributed by atoms with van der Waals surface area (Å²) in [7, 11) is 0. The van der Waals surface area contributed by atoms with Crippen LogP contribution >= 0.6 is 11.3 Å². The van der Waals surface area contributed by atoms with Crippen LogP contribution in [-0.2, 0) is 9.53 Å². The van der Waals surface area contributed by atoms with E-state index in [2.05, 4.69) is 9.88 Å². The van der Waals surface area contributed by atoms with Gasteiger partial charge in [-0.2, -0.15) is 0 Å². The van der Waals surface area contributed by atoms with Gasteiger partial charge in [-0.05, 0) is 17.2 Å². The van der Waals surface area contributed by atoms with E-state index in [0.29, 0.717) is 36.1 Å². The normalized spacial score (nSPS) is 14.4. The SMILES string of the molecule is O=C(CC(c1ccccc1)c1ccccc1)N(CCN1CCOCC1)c1nc2c(F)cc(F)cc2s1. The summed E-state index contributed by atoms with van der Waals surface area (Å²) in [6.45, 7) is 3.94. The van der Waals surface area contributed by atoms with Crippen LogP contribution < -0.4 is 4.90 Å². The summed E-state index contributed by atoms with van der Waals surface area (Å²) < 4.78 is 34.1. The number of fused-ring (bicyclic) bond motifs is 1. The predicted octanol–water partition coefficient (Wildman–Crippen LogP) is 5.46. The largest absolute Gasteiger partial charge is 0.379 e. The predicted molar refractivity (Wildman–Crippen MR) is 138 cm³/mol. The number of halogens is 2. The van der Waals surface area contributed by atoms with Crippen molar-refractivity contribution in [1.82, 2.24) is 9.88 Å². The average molecular weight is 508 g/mol. The van der Waals surface area contributed by atoms with E-state index in [0.717, 1.165) is 41.6 Å². The molecule has 0 unspecified atom stereocenters. The minimum absolute atomic E-state index is 0.0863. The number of carbonyl (C=O) groups excluding carboxylic acids is 1. The summed E-state index contributed by atoms with van der Waals surface area (Å²) in [5.74, 6) is -1.63. The van der Waals surface area contributed by atoms with Crippen LogP contribution in [0.2, 0.25) is 0 Å². The van der Waals surface area contributed by atoms with E-state index >= 15 is 0 Å². The Kier molecular flexibility index (Phi) is 7.65. The molecule has 1 amide bonds. The van der Waals surface area contributed by atoms with Crippen LogP contribution in [0.15, 0.2) is 72.8 Å². The number of hydrogen-bond donors (Lipinski definition) is 0. The molecular weight excluding hydrogens is 480 g/mol. The van der Waals surface area contributed by atoms with E-state index in [1.54, 1.807) is 4.90 Å². The molecule has 0 spiro atoms. The molecule has 5 rings (SSSR count). The van der Waals surface area contributed by atoms with Crippen molar-refractivity contribution in [3.8, 4) is 0 Å². The van der Waals surface area contributed by atoms with Gasteiger partial charge in [0.25, 0.3) is 0 Å². The molecule has 1 aliphatic heterocycles. The molecule has 0 saturated carbocycles. The number of nitrogens with zero attached hydrogens (tertiary/aromatic N) is 3. The Labute approximate surface area is 212 Å². The van der Waals surface area contributed by atoms with E-state index < -0.39 is 11.6 Å². The van der Waals surface area contributed by atoms with Gasteiger partial charge < -0.3 is 4.74 Å². The lowest BCUT2D eigenvalue weighted by Crippen LogP contribution is -2.43. The Morgan fingerprint density at radius 1 is 1.00 bits per heavy atom. The zero-order valence-electron chi connectivity index (χ0n) is 19.8. The summed E-state index contributed by atoms with van der Waals surface area (Å²) in [5.41, 5.74) is 2.17. The van der Waals surface area contributed by atoms with E-state index in [-0.39, 0.29) is 23.8 Å². The maximum atomic E-state index is 14.4. The maximum absolute atomic E-state index is 14.4. The summed E-state index contributed by atoms with van der Waals surface area (Å²) in [5, 5.41) is 0.382. The first-order chi connectivity index (χ1) is 17.6. The zero-order valence-corrected chi connectivity index (χ0v) is 20.6. The molecule has 1 fully saturated rings. The number of benzene rings is 3. The minimum atomic E-state index is -0.723. The van der Waals surface area contributed by atoms with Gasteiger partial charge in [0.1, 0.15) is 11.3 Å². The van der Waals surface area contributed by atoms with Crippen molar-refractivity contribution in [2.45, 2.75) is 12.3 Å². The monoisotopic (exact) mass is 507 g/mol. The molecule has 1 saturated heterocycles. The van der Waals surface area contributed by atoms with Crippen molar-refractivity contribution in [3.05, 3.63) is 95.6 Å². The highest BCUT2D eigenvalue weighted by atomic mass is 32.1. The summed E-state index contributed by atoms with van der Waals surface area (Å²) in [6.07, 6.45) is 0.226. The van der Waals surface area contributed by atoms with Gasteiger partial charge in [-0.1, -0.05) is 72.0 Å². The summed E-state index contributed by atoms with van der Waals surface area (Å²) in [4.78, 5) is 22.2. The zero-order chi connectivity index (χ0) is 24.9. The average Bonchev–Trinajstić information content (AvgIpc) is 3.33. The van der Waals surface area contributed by atoms with Gasteiger partial charge in [-0.3, -0.25) is 14.6 Å². The first-order valence-corrected chi connectivity index (χ1v) is 12.9. The molecule has 3 aromatic carbocycles. The Morgan fingerprint density at radius 2 is 1.64 bits per heavy atom. The van der Waals surface area contributed by atoms with Gasteiger partial charge in [-0.25, -0.2) is 13.8 Å². The second kappa shape index (κ2) is 11.2. The van der Waals surface area contributed by atoms with E-state index in [9.17, 15) is 13.6 Å². The number of hydrogen-bond acceptors (Lipinski definition) is 5.